The standard InChI is InChI=1S/C15H15N3/c1-2-4-12-10(3-1)7-14(18-12)11-5-6-13-15(8-11)17-9-16-13/h1-6,8,14,16-18H,7,9H2. The van der Waals surface area contributed by atoms with E-state index in [1.807, 2.05) is 0 Å². The summed E-state index contributed by atoms with van der Waals surface area (Å²) in [4.78, 5) is 0. The number of para-hydroxylation sites is 1. The van der Waals surface area contributed by atoms with Crippen LogP contribution in [0.2, 0.25) is 0 Å². The van der Waals surface area contributed by atoms with Gasteiger partial charge in [0.05, 0.1) is 24.1 Å². The predicted octanol–water partition coefficient (Wildman–Crippen LogP) is 3.19. The normalized spacial score (nSPS) is 19.4. The molecule has 0 fully saturated rings. The zero-order chi connectivity index (χ0) is 11.9. The van der Waals surface area contributed by atoms with Crippen LogP contribution in [0.1, 0.15) is 17.2 Å². The highest BCUT2D eigenvalue weighted by Gasteiger charge is 2.22. The van der Waals surface area contributed by atoms with Gasteiger partial charge in [0, 0.05) is 5.69 Å². The Morgan fingerprint density at radius 2 is 1.78 bits per heavy atom. The molecule has 0 spiro atoms. The van der Waals surface area contributed by atoms with Crippen LogP contribution >= 0.6 is 0 Å². The number of benzene rings is 2. The summed E-state index contributed by atoms with van der Waals surface area (Å²) in [6, 6.07) is 15.6. The van der Waals surface area contributed by atoms with E-state index in [2.05, 4.69) is 58.4 Å². The average Bonchev–Trinajstić information content (AvgIpc) is 3.04. The molecule has 3 heteroatoms. The van der Waals surface area contributed by atoms with E-state index in [0.29, 0.717) is 6.04 Å². The minimum Gasteiger partial charge on any atom is -0.378 e. The lowest BCUT2D eigenvalue weighted by atomic mass is 10.0. The Hall–Kier alpha value is -2.16. The van der Waals surface area contributed by atoms with Crippen molar-refractivity contribution in [3.05, 3.63) is 53.6 Å². The number of hydrogen-bond acceptors (Lipinski definition) is 3. The summed E-state index contributed by atoms with van der Waals surface area (Å²) >= 11 is 0. The quantitative estimate of drug-likeness (QED) is 0.713. The highest BCUT2D eigenvalue weighted by Crippen LogP contribution is 2.36. The van der Waals surface area contributed by atoms with Crippen molar-refractivity contribution in [1.82, 2.24) is 0 Å². The van der Waals surface area contributed by atoms with E-state index in [0.717, 1.165) is 13.1 Å². The van der Waals surface area contributed by atoms with Gasteiger partial charge in [-0.25, -0.2) is 0 Å². The molecule has 0 amide bonds. The van der Waals surface area contributed by atoms with Crippen LogP contribution < -0.4 is 16.0 Å². The highest BCUT2D eigenvalue weighted by atomic mass is 15.1. The Balaban J connectivity index is 1.66. The van der Waals surface area contributed by atoms with Gasteiger partial charge in [0.15, 0.2) is 0 Å². The molecule has 90 valence electrons. The molecule has 0 bridgehead atoms. The van der Waals surface area contributed by atoms with Gasteiger partial charge in [0.2, 0.25) is 0 Å². The van der Waals surface area contributed by atoms with Crippen molar-refractivity contribution in [1.29, 1.82) is 0 Å². The Morgan fingerprint density at radius 3 is 2.72 bits per heavy atom. The molecule has 2 heterocycles. The van der Waals surface area contributed by atoms with Gasteiger partial charge in [-0.3, -0.25) is 0 Å². The third-order valence-corrected chi connectivity index (χ3v) is 3.77. The fraction of sp³-hybridized carbons (Fsp3) is 0.200. The molecule has 1 unspecified atom stereocenters. The molecule has 0 saturated carbocycles. The van der Waals surface area contributed by atoms with Gasteiger partial charge in [0.1, 0.15) is 0 Å². The lowest BCUT2D eigenvalue weighted by molar-refractivity contribution is 0.825. The zero-order valence-corrected chi connectivity index (χ0v) is 10.0. The van der Waals surface area contributed by atoms with Crippen molar-refractivity contribution < 1.29 is 0 Å². The second-order valence-corrected chi connectivity index (χ2v) is 4.89. The summed E-state index contributed by atoms with van der Waals surface area (Å²) in [7, 11) is 0. The van der Waals surface area contributed by atoms with E-state index in [1.165, 1.54) is 28.2 Å². The largest absolute Gasteiger partial charge is 0.378 e. The van der Waals surface area contributed by atoms with Gasteiger partial charge in [-0.15, -0.1) is 0 Å². The molecule has 2 aromatic rings. The van der Waals surface area contributed by atoms with Gasteiger partial charge in [-0.2, -0.15) is 0 Å². The van der Waals surface area contributed by atoms with E-state index < -0.39 is 0 Å². The number of hydrogen-bond donors (Lipinski definition) is 3. The van der Waals surface area contributed by atoms with Crippen LogP contribution in [0, 0.1) is 0 Å². The Morgan fingerprint density at radius 1 is 0.889 bits per heavy atom. The molecule has 0 aliphatic carbocycles. The summed E-state index contributed by atoms with van der Waals surface area (Å²) < 4.78 is 0. The third-order valence-electron chi connectivity index (χ3n) is 3.77. The highest BCUT2D eigenvalue weighted by molar-refractivity contribution is 5.74. The van der Waals surface area contributed by atoms with Gasteiger partial charge >= 0.3 is 0 Å². The second kappa shape index (κ2) is 3.67. The molecule has 2 aliphatic heterocycles. The maximum absolute atomic E-state index is 3.59. The fourth-order valence-electron chi connectivity index (χ4n) is 2.81. The van der Waals surface area contributed by atoms with Crippen LogP contribution in [0.15, 0.2) is 42.5 Å². The molecular formula is C15H15N3. The van der Waals surface area contributed by atoms with Gasteiger partial charge in [0.25, 0.3) is 0 Å². The second-order valence-electron chi connectivity index (χ2n) is 4.89. The SMILES string of the molecule is c1ccc2c(c1)CC(c1ccc3c(c1)NCN3)N2. The molecule has 3 N–H and O–H groups in total. The average molecular weight is 237 g/mol. The van der Waals surface area contributed by atoms with Crippen LogP contribution in [-0.2, 0) is 6.42 Å². The first-order valence-corrected chi connectivity index (χ1v) is 6.36. The van der Waals surface area contributed by atoms with Gasteiger partial charge < -0.3 is 16.0 Å². The monoisotopic (exact) mass is 237 g/mol. The molecule has 2 aliphatic rings. The van der Waals surface area contributed by atoms with Gasteiger partial charge in [-0.1, -0.05) is 24.3 Å². The van der Waals surface area contributed by atoms with Crippen molar-refractivity contribution in [2.24, 2.45) is 0 Å². The first kappa shape index (κ1) is 9.83. The van der Waals surface area contributed by atoms with Crippen LogP contribution in [0.4, 0.5) is 17.1 Å². The fourth-order valence-corrected chi connectivity index (χ4v) is 2.81. The minimum absolute atomic E-state index is 0.398. The lowest BCUT2D eigenvalue weighted by Crippen LogP contribution is -2.05. The van der Waals surface area contributed by atoms with Crippen molar-refractivity contribution in [2.45, 2.75) is 12.5 Å². The Kier molecular flexibility index (Phi) is 2.00. The molecule has 0 aromatic heterocycles. The van der Waals surface area contributed by atoms with Crippen molar-refractivity contribution >= 4 is 17.1 Å². The number of rotatable bonds is 1. The molecule has 18 heavy (non-hydrogen) atoms. The summed E-state index contributed by atoms with van der Waals surface area (Å²) in [5, 5.41) is 10.2. The van der Waals surface area contributed by atoms with E-state index >= 15 is 0 Å². The minimum atomic E-state index is 0.398. The maximum atomic E-state index is 3.59. The zero-order valence-electron chi connectivity index (χ0n) is 10.0. The smallest absolute Gasteiger partial charge is 0.0850 e. The predicted molar refractivity (Wildman–Crippen MR) is 75.1 cm³/mol. The summed E-state index contributed by atoms with van der Waals surface area (Å²) in [6.45, 7) is 0.830. The van der Waals surface area contributed by atoms with E-state index in [-0.39, 0.29) is 0 Å². The van der Waals surface area contributed by atoms with Crippen LogP contribution in [0.25, 0.3) is 0 Å². The van der Waals surface area contributed by atoms with Crippen molar-refractivity contribution in [3.8, 4) is 0 Å². The number of fused-ring (bicyclic) bond motifs is 2. The number of anilines is 3. The van der Waals surface area contributed by atoms with Crippen molar-refractivity contribution in [3.63, 3.8) is 0 Å². The Labute approximate surface area is 106 Å². The van der Waals surface area contributed by atoms with Crippen molar-refractivity contribution in [2.75, 3.05) is 22.6 Å². The molecule has 0 saturated heterocycles. The van der Waals surface area contributed by atoms with E-state index in [9.17, 15) is 0 Å². The molecule has 3 nitrogen and oxygen atoms in total. The maximum Gasteiger partial charge on any atom is 0.0850 e. The van der Waals surface area contributed by atoms with Gasteiger partial charge in [-0.05, 0) is 35.7 Å². The lowest BCUT2D eigenvalue weighted by Gasteiger charge is -2.13. The van der Waals surface area contributed by atoms with Crippen LogP contribution in [0.5, 0.6) is 0 Å². The first-order chi connectivity index (χ1) is 8.90. The topological polar surface area (TPSA) is 36.1 Å². The number of nitrogens with one attached hydrogen (secondary N) is 3. The summed E-state index contributed by atoms with van der Waals surface area (Å²) in [5.41, 5.74) is 6.45. The third kappa shape index (κ3) is 1.44. The van der Waals surface area contributed by atoms with E-state index in [4.69, 9.17) is 0 Å². The summed E-state index contributed by atoms with van der Waals surface area (Å²) in [6.07, 6.45) is 1.07. The van der Waals surface area contributed by atoms with E-state index in [1.54, 1.807) is 0 Å². The van der Waals surface area contributed by atoms with Crippen LogP contribution in [0.3, 0.4) is 0 Å². The first-order valence-electron chi connectivity index (χ1n) is 6.36. The molecular weight excluding hydrogens is 222 g/mol. The van der Waals surface area contributed by atoms with Crippen LogP contribution in [-0.4, -0.2) is 6.67 Å². The molecule has 1 atom stereocenters. The Bertz CT molecular complexity index is 581. The molecule has 2 aromatic carbocycles. The molecule has 0 radical (unpaired) electrons. The summed E-state index contributed by atoms with van der Waals surface area (Å²) in [5.74, 6) is 0. The molecule has 4 rings (SSSR count).